The van der Waals surface area contributed by atoms with Gasteiger partial charge >= 0.3 is 6.03 Å². The molecule has 0 bridgehead atoms. The van der Waals surface area contributed by atoms with Gasteiger partial charge in [0.15, 0.2) is 11.6 Å². The Labute approximate surface area is 181 Å². The third-order valence-electron chi connectivity index (χ3n) is 4.47. The molecule has 2 aromatic rings. The highest BCUT2D eigenvalue weighted by Crippen LogP contribution is 2.24. The summed E-state index contributed by atoms with van der Waals surface area (Å²) in [6, 6.07) is 1.63. The molecule has 1 aliphatic rings. The van der Waals surface area contributed by atoms with Gasteiger partial charge in [-0.05, 0) is 56.4 Å². The molecule has 0 unspecified atom stereocenters. The molecule has 0 fully saturated rings. The Morgan fingerprint density at radius 3 is 2.59 bits per heavy atom. The second-order valence-corrected chi connectivity index (χ2v) is 9.21. The molecule has 7 nitrogen and oxygen atoms in total. The molecule has 0 saturated heterocycles. The predicted molar refractivity (Wildman–Crippen MR) is 113 cm³/mol. The lowest BCUT2D eigenvalue weighted by Crippen LogP contribution is -2.47. The summed E-state index contributed by atoms with van der Waals surface area (Å²) >= 11 is 1.67. The Hall–Kier alpha value is -2.24. The molecule has 0 spiro atoms. The van der Waals surface area contributed by atoms with Crippen LogP contribution in [0.4, 0.5) is 19.3 Å². The first-order valence-electron chi connectivity index (χ1n) is 9.05. The summed E-state index contributed by atoms with van der Waals surface area (Å²) in [6.45, 7) is 8.08. The molecule has 0 aliphatic carbocycles. The largest absolute Gasteiger partial charge is 0.347 e. The maximum absolute atomic E-state index is 13.6. The number of anilines is 1. The number of hydrogen-bond acceptors (Lipinski definition) is 3. The molecule has 1 aromatic heterocycles. The summed E-state index contributed by atoms with van der Waals surface area (Å²) in [4.78, 5) is 26.9. The Morgan fingerprint density at radius 2 is 1.97 bits per heavy atom. The number of rotatable bonds is 2. The molecule has 29 heavy (non-hydrogen) atoms. The van der Waals surface area contributed by atoms with Gasteiger partial charge in [-0.15, -0.1) is 0 Å². The van der Waals surface area contributed by atoms with E-state index in [0.717, 1.165) is 6.07 Å². The third kappa shape index (κ3) is 4.68. The highest BCUT2D eigenvalue weighted by molar-refractivity contribution is 14.1. The number of aromatic nitrogens is 2. The lowest BCUT2D eigenvalue weighted by atomic mass is 10.1. The van der Waals surface area contributed by atoms with Crippen molar-refractivity contribution in [1.82, 2.24) is 20.0 Å². The van der Waals surface area contributed by atoms with E-state index in [0.29, 0.717) is 17.8 Å². The second-order valence-electron chi connectivity index (χ2n) is 8.05. The van der Waals surface area contributed by atoms with Crippen molar-refractivity contribution in [2.24, 2.45) is 0 Å². The molecule has 0 radical (unpaired) electrons. The number of carbonyl (C=O) groups excluding carboxylic acids is 2. The topological polar surface area (TPSA) is 79.3 Å². The van der Waals surface area contributed by atoms with E-state index < -0.39 is 23.2 Å². The number of hydrogen-bond donors (Lipinski definition) is 2. The minimum atomic E-state index is -1.03. The second kappa shape index (κ2) is 7.88. The normalized spacial score (nSPS) is 16.4. The van der Waals surface area contributed by atoms with Crippen molar-refractivity contribution in [1.29, 1.82) is 0 Å². The van der Waals surface area contributed by atoms with E-state index >= 15 is 0 Å². The van der Waals surface area contributed by atoms with Gasteiger partial charge < -0.3 is 15.5 Å². The number of halogens is 3. The number of fused-ring (bicyclic) bond motifs is 1. The van der Waals surface area contributed by atoms with Crippen molar-refractivity contribution in [3.8, 4) is 0 Å². The molecular weight excluding hydrogens is 495 g/mol. The Bertz CT molecular complexity index is 947. The highest BCUT2D eigenvalue weighted by Gasteiger charge is 2.32. The van der Waals surface area contributed by atoms with Crippen molar-refractivity contribution in [2.45, 2.75) is 52.4 Å². The Kier molecular flexibility index (Phi) is 5.84. The molecular formula is C19H22F2IN5O2. The van der Waals surface area contributed by atoms with E-state index in [1.165, 1.54) is 12.3 Å². The zero-order valence-electron chi connectivity index (χ0n) is 16.5. The SMILES string of the molecule is C[C@H]1Cn2ncc(C(=O)NC(C)(C)C)c2CN1C(=O)Nc1cc(F)c(F)c(I)c1. The number of amides is 3. The lowest BCUT2D eigenvalue weighted by molar-refractivity contribution is 0.0914. The number of benzene rings is 1. The van der Waals surface area contributed by atoms with Gasteiger partial charge in [-0.3, -0.25) is 9.48 Å². The molecule has 0 saturated carbocycles. The summed E-state index contributed by atoms with van der Waals surface area (Å²) in [7, 11) is 0. The van der Waals surface area contributed by atoms with Gasteiger partial charge in [-0.1, -0.05) is 0 Å². The molecule has 2 N–H and O–H groups in total. The van der Waals surface area contributed by atoms with Crippen LogP contribution in [0.5, 0.6) is 0 Å². The number of urea groups is 1. The molecule has 1 aromatic carbocycles. The molecule has 2 heterocycles. The fraction of sp³-hybridized carbons (Fsp3) is 0.421. The number of nitrogens with zero attached hydrogens (tertiary/aromatic N) is 3. The Balaban J connectivity index is 1.81. The molecule has 1 atom stereocenters. The third-order valence-corrected chi connectivity index (χ3v) is 5.25. The molecule has 156 valence electrons. The fourth-order valence-corrected chi connectivity index (χ4v) is 3.69. The van der Waals surface area contributed by atoms with Crippen LogP contribution in [0.15, 0.2) is 18.3 Å². The van der Waals surface area contributed by atoms with Crippen molar-refractivity contribution < 1.29 is 18.4 Å². The average molecular weight is 517 g/mol. The van der Waals surface area contributed by atoms with E-state index in [2.05, 4.69) is 15.7 Å². The van der Waals surface area contributed by atoms with Gasteiger partial charge in [0.05, 0.1) is 40.2 Å². The van der Waals surface area contributed by atoms with Crippen LogP contribution < -0.4 is 10.6 Å². The van der Waals surface area contributed by atoms with Gasteiger partial charge in [-0.25, -0.2) is 13.6 Å². The van der Waals surface area contributed by atoms with Gasteiger partial charge in [0.25, 0.3) is 5.91 Å². The van der Waals surface area contributed by atoms with E-state index in [9.17, 15) is 18.4 Å². The van der Waals surface area contributed by atoms with E-state index in [-0.39, 0.29) is 27.8 Å². The van der Waals surface area contributed by atoms with Gasteiger partial charge in [0.2, 0.25) is 0 Å². The minimum Gasteiger partial charge on any atom is -0.347 e. The monoisotopic (exact) mass is 517 g/mol. The van der Waals surface area contributed by atoms with Crippen LogP contribution in [0, 0.1) is 15.2 Å². The summed E-state index contributed by atoms with van der Waals surface area (Å²) in [5.74, 6) is -2.24. The van der Waals surface area contributed by atoms with E-state index in [4.69, 9.17) is 0 Å². The number of carbonyl (C=O) groups is 2. The number of nitrogens with one attached hydrogen (secondary N) is 2. The highest BCUT2D eigenvalue weighted by atomic mass is 127. The van der Waals surface area contributed by atoms with Crippen LogP contribution in [0.3, 0.4) is 0 Å². The average Bonchev–Trinajstić information content (AvgIpc) is 3.00. The van der Waals surface area contributed by atoms with Crippen LogP contribution in [-0.4, -0.2) is 38.2 Å². The summed E-state index contributed by atoms with van der Waals surface area (Å²) < 4.78 is 28.9. The predicted octanol–water partition coefficient (Wildman–Crippen LogP) is 3.73. The summed E-state index contributed by atoms with van der Waals surface area (Å²) in [5, 5.41) is 9.78. The summed E-state index contributed by atoms with van der Waals surface area (Å²) in [5.41, 5.74) is 0.788. The zero-order chi connectivity index (χ0) is 21.5. The smallest absolute Gasteiger partial charge is 0.322 e. The Morgan fingerprint density at radius 1 is 1.28 bits per heavy atom. The van der Waals surface area contributed by atoms with Crippen molar-refractivity contribution in [3.63, 3.8) is 0 Å². The first-order chi connectivity index (χ1) is 13.5. The fourth-order valence-electron chi connectivity index (χ4n) is 3.09. The standard InChI is InChI=1S/C19H22F2IN5O2/c1-10-8-27-15(12(7-23-27)17(28)25-19(2,3)4)9-26(10)18(29)24-11-5-13(20)16(21)14(22)6-11/h5-7,10H,8-9H2,1-4H3,(H,24,29)(H,25,28)/t10-/m0/s1. The van der Waals surface area contributed by atoms with Gasteiger partial charge in [0, 0.05) is 17.3 Å². The van der Waals surface area contributed by atoms with Crippen molar-refractivity contribution in [2.75, 3.05) is 5.32 Å². The van der Waals surface area contributed by atoms with Crippen LogP contribution in [0.1, 0.15) is 43.7 Å². The van der Waals surface area contributed by atoms with Crippen LogP contribution in [0.2, 0.25) is 0 Å². The maximum Gasteiger partial charge on any atom is 0.322 e. The van der Waals surface area contributed by atoms with E-state index in [1.807, 2.05) is 27.7 Å². The van der Waals surface area contributed by atoms with Crippen molar-refractivity contribution >= 4 is 40.2 Å². The van der Waals surface area contributed by atoms with Crippen molar-refractivity contribution in [3.05, 3.63) is 44.8 Å². The van der Waals surface area contributed by atoms with Crippen LogP contribution in [0.25, 0.3) is 0 Å². The first-order valence-corrected chi connectivity index (χ1v) is 10.1. The van der Waals surface area contributed by atoms with Crippen LogP contribution in [-0.2, 0) is 13.1 Å². The zero-order valence-corrected chi connectivity index (χ0v) is 18.7. The van der Waals surface area contributed by atoms with Crippen LogP contribution >= 0.6 is 22.6 Å². The summed E-state index contributed by atoms with van der Waals surface area (Å²) in [6.07, 6.45) is 1.50. The quantitative estimate of drug-likeness (QED) is 0.471. The molecule has 3 rings (SSSR count). The van der Waals surface area contributed by atoms with Gasteiger partial charge in [0.1, 0.15) is 0 Å². The molecule has 10 heteroatoms. The molecule has 3 amide bonds. The first kappa shape index (κ1) is 21.5. The lowest BCUT2D eigenvalue weighted by Gasteiger charge is -2.34. The maximum atomic E-state index is 13.6. The van der Waals surface area contributed by atoms with E-state index in [1.54, 1.807) is 32.2 Å². The minimum absolute atomic E-state index is 0.0730. The molecule has 1 aliphatic heterocycles. The van der Waals surface area contributed by atoms with Gasteiger partial charge in [-0.2, -0.15) is 5.10 Å².